The summed E-state index contributed by atoms with van der Waals surface area (Å²) in [6.07, 6.45) is 2.54. The Morgan fingerprint density at radius 2 is 1.75 bits per heavy atom. The Hall–Kier alpha value is -1.75. The van der Waals surface area contributed by atoms with Crippen molar-refractivity contribution in [1.29, 1.82) is 0 Å². The molecule has 0 radical (unpaired) electrons. The van der Waals surface area contributed by atoms with Crippen LogP contribution in [0.1, 0.15) is 0 Å². The van der Waals surface area contributed by atoms with Gasteiger partial charge in [0.2, 0.25) is 9.84 Å². The van der Waals surface area contributed by atoms with Crippen LogP contribution in [0.25, 0.3) is 0 Å². The van der Waals surface area contributed by atoms with Crippen LogP contribution in [0.5, 0.6) is 5.75 Å². The summed E-state index contributed by atoms with van der Waals surface area (Å²) in [5.74, 6) is 0.617. The number of hydrogen-bond donors (Lipinski definition) is 0. The van der Waals surface area contributed by atoms with Gasteiger partial charge < -0.3 is 9.15 Å². The van der Waals surface area contributed by atoms with Gasteiger partial charge in [-0.2, -0.15) is 0 Å². The number of methoxy groups -OCH3 is 1. The van der Waals surface area contributed by atoms with Crippen molar-refractivity contribution >= 4 is 9.84 Å². The van der Waals surface area contributed by atoms with Crippen molar-refractivity contribution in [2.75, 3.05) is 7.11 Å². The van der Waals surface area contributed by atoms with Crippen molar-refractivity contribution in [3.05, 3.63) is 42.9 Å². The molecule has 0 aliphatic heterocycles. The molecule has 0 atom stereocenters. The van der Waals surface area contributed by atoms with Crippen molar-refractivity contribution < 1.29 is 17.6 Å². The zero-order valence-corrected chi connectivity index (χ0v) is 9.40. The van der Waals surface area contributed by atoms with Crippen LogP contribution in [0.2, 0.25) is 0 Å². The Labute approximate surface area is 93.4 Å². The van der Waals surface area contributed by atoms with Crippen molar-refractivity contribution in [3.63, 3.8) is 0 Å². The Bertz CT molecular complexity index is 553. The molecule has 0 fully saturated rings. The van der Waals surface area contributed by atoms with Crippen LogP contribution >= 0.6 is 0 Å². The van der Waals surface area contributed by atoms with E-state index in [1.54, 1.807) is 12.1 Å². The van der Waals surface area contributed by atoms with Gasteiger partial charge in [0.15, 0.2) is 0 Å². The predicted octanol–water partition coefficient (Wildman–Crippen LogP) is 2.12. The molecule has 4 nitrogen and oxygen atoms in total. The first-order valence-electron chi connectivity index (χ1n) is 4.56. The zero-order valence-electron chi connectivity index (χ0n) is 8.58. The smallest absolute Gasteiger partial charge is 0.209 e. The first-order chi connectivity index (χ1) is 7.64. The number of furan rings is 1. The quantitative estimate of drug-likeness (QED) is 0.821. The largest absolute Gasteiger partial charge is 0.497 e. The first kappa shape index (κ1) is 10.8. The molecule has 1 aromatic heterocycles. The number of hydrogen-bond acceptors (Lipinski definition) is 4. The highest BCUT2D eigenvalue weighted by Gasteiger charge is 2.18. The second kappa shape index (κ2) is 4.02. The average Bonchev–Trinajstić information content (AvgIpc) is 2.83. The molecule has 84 valence electrons. The molecule has 0 unspecified atom stereocenters. The molecular formula is C11H10O4S. The zero-order chi connectivity index (χ0) is 11.6. The fourth-order valence-corrected chi connectivity index (χ4v) is 2.48. The van der Waals surface area contributed by atoms with E-state index in [1.807, 2.05) is 0 Å². The Balaban J connectivity index is 2.44. The maximum absolute atomic E-state index is 12.0. The van der Waals surface area contributed by atoms with Crippen LogP contribution in [0, 0.1) is 0 Å². The monoisotopic (exact) mass is 238 g/mol. The summed E-state index contributed by atoms with van der Waals surface area (Å²) < 4.78 is 33.7. The highest BCUT2D eigenvalue weighted by Crippen LogP contribution is 2.22. The van der Waals surface area contributed by atoms with E-state index in [9.17, 15) is 8.42 Å². The SMILES string of the molecule is COc1ccc(S(=O)(=O)c2ccoc2)cc1. The minimum atomic E-state index is -3.47. The highest BCUT2D eigenvalue weighted by atomic mass is 32.2. The van der Waals surface area contributed by atoms with E-state index in [4.69, 9.17) is 9.15 Å². The van der Waals surface area contributed by atoms with Gasteiger partial charge in [-0.3, -0.25) is 0 Å². The minimum absolute atomic E-state index is 0.151. The van der Waals surface area contributed by atoms with E-state index in [1.165, 1.54) is 37.8 Å². The summed E-state index contributed by atoms with van der Waals surface area (Å²) in [7, 11) is -1.94. The minimum Gasteiger partial charge on any atom is -0.497 e. The Kier molecular flexibility index (Phi) is 2.70. The van der Waals surface area contributed by atoms with Crippen LogP contribution in [0.15, 0.2) is 57.1 Å². The predicted molar refractivity (Wildman–Crippen MR) is 57.2 cm³/mol. The van der Waals surface area contributed by atoms with Crippen LogP contribution in [-0.4, -0.2) is 15.5 Å². The van der Waals surface area contributed by atoms with E-state index >= 15 is 0 Å². The van der Waals surface area contributed by atoms with Crippen LogP contribution in [0.4, 0.5) is 0 Å². The molecule has 0 spiro atoms. The molecule has 1 heterocycles. The van der Waals surface area contributed by atoms with E-state index in [0.717, 1.165) is 0 Å². The molecule has 1 aromatic carbocycles. The van der Waals surface area contributed by atoms with Gasteiger partial charge in [-0.15, -0.1) is 0 Å². The van der Waals surface area contributed by atoms with Gasteiger partial charge in [-0.25, -0.2) is 8.42 Å². The Morgan fingerprint density at radius 3 is 2.25 bits per heavy atom. The molecule has 16 heavy (non-hydrogen) atoms. The van der Waals surface area contributed by atoms with Gasteiger partial charge in [-0.05, 0) is 30.3 Å². The molecule has 0 amide bonds. The third-order valence-corrected chi connectivity index (χ3v) is 3.92. The maximum atomic E-state index is 12.0. The summed E-state index contributed by atoms with van der Waals surface area (Å²) in [5, 5.41) is 0. The van der Waals surface area contributed by atoms with Crippen LogP contribution in [0.3, 0.4) is 0 Å². The highest BCUT2D eigenvalue weighted by molar-refractivity contribution is 7.91. The number of sulfone groups is 1. The molecule has 2 rings (SSSR count). The lowest BCUT2D eigenvalue weighted by Gasteiger charge is -2.03. The van der Waals surface area contributed by atoms with Gasteiger partial charge in [0.1, 0.15) is 16.9 Å². The van der Waals surface area contributed by atoms with E-state index in [-0.39, 0.29) is 9.79 Å². The fourth-order valence-electron chi connectivity index (χ4n) is 1.30. The molecule has 2 aromatic rings. The molecule has 0 N–H and O–H groups in total. The lowest BCUT2D eigenvalue weighted by Crippen LogP contribution is -2.00. The molecular weight excluding hydrogens is 228 g/mol. The van der Waals surface area contributed by atoms with Crippen molar-refractivity contribution in [2.24, 2.45) is 0 Å². The van der Waals surface area contributed by atoms with Gasteiger partial charge >= 0.3 is 0 Å². The average molecular weight is 238 g/mol. The van der Waals surface area contributed by atoms with Crippen molar-refractivity contribution in [3.8, 4) is 5.75 Å². The van der Waals surface area contributed by atoms with E-state index in [2.05, 4.69) is 0 Å². The summed E-state index contributed by atoms with van der Waals surface area (Å²) in [6.45, 7) is 0. The second-order valence-corrected chi connectivity index (χ2v) is 5.09. The normalized spacial score (nSPS) is 11.3. The lowest BCUT2D eigenvalue weighted by molar-refractivity contribution is 0.414. The molecule has 0 aliphatic carbocycles. The number of rotatable bonds is 3. The van der Waals surface area contributed by atoms with Gasteiger partial charge in [0.05, 0.1) is 18.3 Å². The lowest BCUT2D eigenvalue weighted by atomic mass is 10.3. The number of benzene rings is 1. The van der Waals surface area contributed by atoms with Gasteiger partial charge in [-0.1, -0.05) is 0 Å². The molecule has 0 saturated heterocycles. The Morgan fingerprint density at radius 1 is 1.06 bits per heavy atom. The molecule has 0 aliphatic rings. The summed E-state index contributed by atoms with van der Waals surface area (Å²) in [4.78, 5) is 0.368. The van der Waals surface area contributed by atoms with Crippen molar-refractivity contribution in [1.82, 2.24) is 0 Å². The third kappa shape index (κ3) is 1.81. The van der Waals surface area contributed by atoms with Crippen molar-refractivity contribution in [2.45, 2.75) is 9.79 Å². The van der Waals surface area contributed by atoms with Crippen LogP contribution in [-0.2, 0) is 9.84 Å². The van der Waals surface area contributed by atoms with Gasteiger partial charge in [0.25, 0.3) is 0 Å². The van der Waals surface area contributed by atoms with E-state index in [0.29, 0.717) is 5.75 Å². The first-order valence-corrected chi connectivity index (χ1v) is 6.04. The standard InChI is InChI=1S/C11H10O4S/c1-14-9-2-4-10(5-3-9)16(12,13)11-6-7-15-8-11/h2-8H,1H3. The summed E-state index contributed by atoms with van der Waals surface area (Å²) in [5.41, 5.74) is 0. The van der Waals surface area contributed by atoms with Crippen LogP contribution < -0.4 is 4.74 Å². The number of ether oxygens (including phenoxy) is 1. The van der Waals surface area contributed by atoms with Gasteiger partial charge in [0, 0.05) is 0 Å². The van der Waals surface area contributed by atoms with E-state index < -0.39 is 9.84 Å². The second-order valence-electron chi connectivity index (χ2n) is 3.14. The molecule has 0 bridgehead atoms. The summed E-state index contributed by atoms with van der Waals surface area (Å²) >= 11 is 0. The summed E-state index contributed by atoms with van der Waals surface area (Å²) in [6, 6.07) is 7.63. The molecule has 0 saturated carbocycles. The topological polar surface area (TPSA) is 56.5 Å². The maximum Gasteiger partial charge on any atom is 0.209 e. The third-order valence-electron chi connectivity index (χ3n) is 2.18. The molecule has 5 heteroatoms. The fraction of sp³-hybridized carbons (Fsp3) is 0.0909.